The lowest BCUT2D eigenvalue weighted by molar-refractivity contribution is -0.158. The lowest BCUT2D eigenvalue weighted by Crippen LogP contribution is -2.54. The predicted molar refractivity (Wildman–Crippen MR) is 182 cm³/mol. The average molecular weight is 803 g/mol. The summed E-state index contributed by atoms with van der Waals surface area (Å²) < 4.78 is 78.1. The molecule has 8 aliphatic carbocycles. The molecule has 0 spiro atoms. The van der Waals surface area contributed by atoms with E-state index >= 15 is 0 Å². The van der Waals surface area contributed by atoms with Gasteiger partial charge in [-0.2, -0.15) is 0 Å². The van der Waals surface area contributed by atoms with Gasteiger partial charge in [-0.1, -0.05) is 0 Å². The quantitative estimate of drug-likeness (QED) is 0.124. The third kappa shape index (κ3) is 8.04. The van der Waals surface area contributed by atoms with Gasteiger partial charge in [0.25, 0.3) is 0 Å². The summed E-state index contributed by atoms with van der Waals surface area (Å²) >= 11 is 0. The number of hydrogen-bond donors (Lipinski definition) is 6. The molecule has 0 amide bonds. The van der Waals surface area contributed by atoms with E-state index in [0.29, 0.717) is 24.2 Å². The molecule has 10 aliphatic rings. The monoisotopic (exact) mass is 802 g/mol. The summed E-state index contributed by atoms with van der Waals surface area (Å²) in [6.45, 7) is -1.00. The Labute approximate surface area is 298 Å². The maximum absolute atomic E-state index is 12.8. The summed E-state index contributed by atoms with van der Waals surface area (Å²) in [6.07, 6.45) is 9.93. The highest BCUT2D eigenvalue weighted by atomic mass is 31.3. The second kappa shape index (κ2) is 13.6. The molecular weight excluding hydrogens is 748 g/mol. The van der Waals surface area contributed by atoms with Crippen LogP contribution in [0.15, 0.2) is 0 Å². The molecule has 4 unspecified atom stereocenters. The van der Waals surface area contributed by atoms with E-state index in [1.54, 1.807) is 0 Å². The van der Waals surface area contributed by atoms with Gasteiger partial charge in [-0.15, -0.1) is 0 Å². The molecule has 8 bridgehead atoms. The highest BCUT2D eigenvalue weighted by Gasteiger charge is 2.61. The van der Waals surface area contributed by atoms with E-state index in [9.17, 15) is 48.0 Å². The van der Waals surface area contributed by atoms with Gasteiger partial charge in [-0.3, -0.25) is 18.3 Å². The second-order valence-corrected chi connectivity index (χ2v) is 26.5. The van der Waals surface area contributed by atoms with Crippen molar-refractivity contribution < 1.29 is 70.9 Å². The van der Waals surface area contributed by atoms with Crippen LogP contribution in [0.2, 0.25) is 0 Å². The topological polar surface area (TPSA) is 236 Å². The van der Waals surface area contributed by atoms with E-state index in [0.717, 1.165) is 82.0 Å². The van der Waals surface area contributed by atoms with Crippen molar-refractivity contribution in [2.75, 3.05) is 25.0 Å². The molecule has 19 heteroatoms. The smallest absolute Gasteiger partial charge is 0.347 e. The first-order valence-electron chi connectivity index (χ1n) is 18.7. The van der Waals surface area contributed by atoms with Crippen LogP contribution in [0, 0.1) is 46.3 Å². The van der Waals surface area contributed by atoms with Crippen molar-refractivity contribution in [2.24, 2.45) is 46.3 Å². The van der Waals surface area contributed by atoms with Crippen LogP contribution in [-0.4, -0.2) is 91.4 Å². The third-order valence-electron chi connectivity index (χ3n) is 13.8. The van der Waals surface area contributed by atoms with Gasteiger partial charge in [0.1, 0.15) is 18.3 Å². The summed E-state index contributed by atoms with van der Waals surface area (Å²) in [6, 6.07) is 0. The standard InChI is InChI=1S/C32H54O15P4/c33-28-26(46-30(29(28)34)32-12-22-6-23(13-32)8-24(7-22)14-32)16-44-49(37,38)18-51(41,42)47-50(39,40)17-48(35,36)43-15-25-1-2-27(45-25)31-9-19-3-20(10-31)5-21(4-19)11-31/h19-30,33-34H,1-18H2,(H,35,36)(H,37,38)(H,39,40)(H,41,42)/t19?,20?,21?,22?,23?,24?,25-,26+,27+,28+,29+,30+,31?,32?/m0/s1. The number of hydrogen-bond acceptors (Lipinski definition) is 11. The van der Waals surface area contributed by atoms with Crippen LogP contribution in [0.25, 0.3) is 0 Å². The van der Waals surface area contributed by atoms with Gasteiger partial charge in [0.2, 0.25) is 0 Å². The van der Waals surface area contributed by atoms with E-state index in [1.165, 1.54) is 19.3 Å². The first-order chi connectivity index (χ1) is 23.8. The summed E-state index contributed by atoms with van der Waals surface area (Å²) in [5.74, 6) is 0.759. The van der Waals surface area contributed by atoms with Gasteiger partial charge in [-0.25, -0.2) is 4.31 Å². The SMILES string of the molecule is O=P(O)(CP(=O)(O)OP(=O)(O)CP(=O)(O)OC[C@H]1O[C@@H](C23CC4CC(CC(C4)C2)C3)[C@H](O)[C@@H]1O)OC[C@@H]1CC[C@H](C23CC4CC(CC(C4)C2)C3)O1. The van der Waals surface area contributed by atoms with Crippen LogP contribution in [0.4, 0.5) is 0 Å². The van der Waals surface area contributed by atoms with Crippen molar-refractivity contribution in [2.45, 2.75) is 127 Å². The Hall–Kier alpha value is 0.480. The first kappa shape index (κ1) is 38.4. The Bertz CT molecular complexity index is 1470. The van der Waals surface area contributed by atoms with Gasteiger partial charge in [0.15, 0.2) is 11.8 Å². The van der Waals surface area contributed by atoms with E-state index in [1.807, 2.05) is 0 Å². The minimum absolute atomic E-state index is 0.0401. The molecule has 0 radical (unpaired) electrons. The van der Waals surface area contributed by atoms with Gasteiger partial charge in [0.05, 0.1) is 31.5 Å². The fraction of sp³-hybridized carbons (Fsp3) is 1.00. The molecule has 10 rings (SSSR count). The summed E-state index contributed by atoms with van der Waals surface area (Å²) in [7, 11) is -20.5. The molecule has 2 saturated heterocycles. The van der Waals surface area contributed by atoms with Crippen LogP contribution in [0.3, 0.4) is 0 Å². The minimum Gasteiger partial charge on any atom is -0.388 e. The summed E-state index contributed by atoms with van der Waals surface area (Å²) in [5.41, 5.74) is -0.152. The molecule has 0 aromatic carbocycles. The molecule has 51 heavy (non-hydrogen) atoms. The van der Waals surface area contributed by atoms with Gasteiger partial charge in [0, 0.05) is 5.41 Å². The molecule has 2 heterocycles. The number of aliphatic hydroxyl groups excluding tert-OH is 2. The van der Waals surface area contributed by atoms with Crippen molar-refractivity contribution in [1.82, 2.24) is 0 Å². The molecule has 2 aliphatic heterocycles. The molecule has 0 aromatic heterocycles. The van der Waals surface area contributed by atoms with Gasteiger partial charge < -0.3 is 48.3 Å². The molecule has 0 aromatic rings. The molecular formula is C32H54O15P4. The first-order valence-corrected chi connectivity index (χ1v) is 25.8. The van der Waals surface area contributed by atoms with Crippen LogP contribution in [0.5, 0.6) is 0 Å². The van der Waals surface area contributed by atoms with Crippen LogP contribution in [0.1, 0.15) is 89.9 Å². The zero-order valence-corrected chi connectivity index (χ0v) is 32.4. The number of rotatable bonds is 14. The van der Waals surface area contributed by atoms with Gasteiger partial charge in [-0.05, 0) is 131 Å². The largest absolute Gasteiger partial charge is 0.388 e. The maximum Gasteiger partial charge on any atom is 0.347 e. The highest BCUT2D eigenvalue weighted by molar-refractivity contribution is 7.78. The molecule has 6 N–H and O–H groups in total. The zero-order valence-electron chi connectivity index (χ0n) is 28.8. The number of ether oxygens (including phenoxy) is 2. The van der Waals surface area contributed by atoms with Gasteiger partial charge >= 0.3 is 30.4 Å². The Balaban J connectivity index is 0.801. The van der Waals surface area contributed by atoms with Crippen molar-refractivity contribution in [3.63, 3.8) is 0 Å². The van der Waals surface area contributed by atoms with Crippen molar-refractivity contribution in [1.29, 1.82) is 0 Å². The third-order valence-corrected chi connectivity index (χ3v) is 22.7. The minimum atomic E-state index is -5.35. The summed E-state index contributed by atoms with van der Waals surface area (Å²) in [4.78, 5) is 41.3. The van der Waals surface area contributed by atoms with E-state index in [4.69, 9.17) is 18.5 Å². The maximum atomic E-state index is 12.8. The fourth-order valence-corrected chi connectivity index (χ4v) is 20.9. The molecule has 10 atom stereocenters. The molecule has 10 fully saturated rings. The van der Waals surface area contributed by atoms with Crippen LogP contribution >= 0.6 is 30.4 Å². The lowest BCUT2D eigenvalue weighted by atomic mass is 9.48. The van der Waals surface area contributed by atoms with Crippen molar-refractivity contribution >= 4 is 30.4 Å². The molecule has 15 nitrogen and oxygen atoms in total. The van der Waals surface area contributed by atoms with E-state index in [2.05, 4.69) is 4.31 Å². The number of aliphatic hydroxyl groups is 2. The van der Waals surface area contributed by atoms with E-state index < -0.39 is 79.3 Å². The van der Waals surface area contributed by atoms with Crippen LogP contribution < -0.4 is 0 Å². The second-order valence-electron chi connectivity index (χ2n) is 18.0. The molecule has 292 valence electrons. The Morgan fingerprint density at radius 3 is 1.45 bits per heavy atom. The van der Waals surface area contributed by atoms with Crippen molar-refractivity contribution in [3.8, 4) is 0 Å². The lowest BCUT2D eigenvalue weighted by Gasteiger charge is -2.59. The zero-order chi connectivity index (χ0) is 36.2. The van der Waals surface area contributed by atoms with E-state index in [-0.39, 0.29) is 23.5 Å². The normalized spacial score (nSPS) is 50.2. The average Bonchev–Trinajstić information content (AvgIpc) is 3.57. The summed E-state index contributed by atoms with van der Waals surface area (Å²) in [5, 5.41) is 21.7. The predicted octanol–water partition coefficient (Wildman–Crippen LogP) is 5.16. The molecule has 8 saturated carbocycles. The Morgan fingerprint density at radius 1 is 0.549 bits per heavy atom. The van der Waals surface area contributed by atoms with Crippen molar-refractivity contribution in [3.05, 3.63) is 0 Å². The Morgan fingerprint density at radius 2 is 0.980 bits per heavy atom. The fourth-order valence-electron chi connectivity index (χ4n) is 12.9. The van der Waals surface area contributed by atoms with Crippen LogP contribution in [-0.2, 0) is 41.1 Å². The Kier molecular flexibility index (Phi) is 10.2. The highest BCUT2D eigenvalue weighted by Crippen LogP contribution is 2.70.